The van der Waals surface area contributed by atoms with Gasteiger partial charge in [-0.25, -0.2) is 9.78 Å². The number of fused-ring (bicyclic) bond motifs is 1. The van der Waals surface area contributed by atoms with Crippen molar-refractivity contribution < 1.29 is 9.90 Å². The van der Waals surface area contributed by atoms with Gasteiger partial charge in [-0.2, -0.15) is 4.98 Å². The van der Waals surface area contributed by atoms with Gasteiger partial charge in [0.2, 0.25) is 11.4 Å². The minimum absolute atomic E-state index is 0.188. The van der Waals surface area contributed by atoms with E-state index in [0.717, 1.165) is 26.2 Å². The molecule has 0 atom stereocenters. The normalized spacial score (nSPS) is 16.3. The lowest BCUT2D eigenvalue weighted by Gasteiger charge is -2.32. The van der Waals surface area contributed by atoms with Crippen molar-refractivity contribution >= 4 is 23.0 Å². The van der Waals surface area contributed by atoms with Gasteiger partial charge in [0.15, 0.2) is 0 Å². The number of carboxylic acids is 1. The second kappa shape index (κ2) is 5.13. The van der Waals surface area contributed by atoms with Gasteiger partial charge >= 0.3 is 5.97 Å². The zero-order valence-electron chi connectivity index (χ0n) is 11.5. The van der Waals surface area contributed by atoms with Crippen molar-refractivity contribution in [3.8, 4) is 0 Å². The van der Waals surface area contributed by atoms with Gasteiger partial charge in [-0.05, 0) is 7.05 Å². The van der Waals surface area contributed by atoms with E-state index in [9.17, 15) is 9.59 Å². The first-order valence-electron chi connectivity index (χ1n) is 6.61. The number of anilines is 1. The fourth-order valence-corrected chi connectivity index (χ4v) is 2.32. The lowest BCUT2D eigenvalue weighted by molar-refractivity contribution is 0.0695. The predicted octanol–water partition coefficient (Wildman–Crippen LogP) is -0.232. The standard InChI is InChI=1S/C13H15N5O3/c1-17-2-4-18(5-3-17)13-15-6-8-10(19)9(12(20)21)7-14-11(8)16-13/h6-7H,2-5H2,1H3,(H,20,21)(H,14,15,16,19). The lowest BCUT2D eigenvalue weighted by atomic mass is 10.2. The third-order valence-electron chi connectivity index (χ3n) is 3.64. The first-order valence-corrected chi connectivity index (χ1v) is 6.61. The molecule has 0 aromatic carbocycles. The van der Waals surface area contributed by atoms with E-state index in [1.54, 1.807) is 0 Å². The van der Waals surface area contributed by atoms with Crippen molar-refractivity contribution in [3.05, 3.63) is 28.2 Å². The van der Waals surface area contributed by atoms with Crippen LogP contribution in [0.15, 0.2) is 17.2 Å². The Hall–Kier alpha value is -2.48. The lowest BCUT2D eigenvalue weighted by Crippen LogP contribution is -2.45. The summed E-state index contributed by atoms with van der Waals surface area (Å²) in [6.45, 7) is 3.49. The van der Waals surface area contributed by atoms with Crippen LogP contribution in [-0.4, -0.2) is 64.2 Å². The van der Waals surface area contributed by atoms with Gasteiger partial charge in [-0.3, -0.25) is 4.79 Å². The first-order chi connectivity index (χ1) is 10.1. The molecule has 2 aromatic rings. The molecule has 1 aliphatic rings. The van der Waals surface area contributed by atoms with Gasteiger partial charge < -0.3 is 19.9 Å². The molecule has 0 saturated carbocycles. The summed E-state index contributed by atoms with van der Waals surface area (Å²) in [5.41, 5.74) is -0.520. The van der Waals surface area contributed by atoms with Crippen molar-refractivity contribution in [2.45, 2.75) is 0 Å². The number of likely N-dealkylation sites (N-methyl/N-ethyl adjacent to an activating group) is 1. The van der Waals surface area contributed by atoms with Crippen LogP contribution in [0.5, 0.6) is 0 Å². The molecular weight excluding hydrogens is 274 g/mol. The Morgan fingerprint density at radius 2 is 2.05 bits per heavy atom. The number of aromatic carboxylic acids is 1. The molecular formula is C13H15N5O3. The van der Waals surface area contributed by atoms with E-state index in [4.69, 9.17) is 5.11 Å². The number of carbonyl (C=O) groups is 1. The van der Waals surface area contributed by atoms with Crippen molar-refractivity contribution in [2.75, 3.05) is 38.1 Å². The SMILES string of the molecule is CN1CCN(c2ncc3c(=O)c(C(=O)O)c[nH]c3n2)CC1. The quantitative estimate of drug-likeness (QED) is 0.787. The average Bonchev–Trinajstić information content (AvgIpc) is 2.47. The van der Waals surface area contributed by atoms with Crippen LogP contribution in [0.25, 0.3) is 11.0 Å². The molecule has 3 heterocycles. The molecule has 2 aromatic heterocycles. The molecule has 0 spiro atoms. The van der Waals surface area contributed by atoms with Gasteiger partial charge in [-0.1, -0.05) is 0 Å². The maximum atomic E-state index is 12.0. The number of H-pyrrole nitrogens is 1. The zero-order chi connectivity index (χ0) is 15.0. The number of nitrogens with one attached hydrogen (secondary N) is 1. The zero-order valence-corrected chi connectivity index (χ0v) is 11.5. The molecule has 1 fully saturated rings. The van der Waals surface area contributed by atoms with Crippen LogP contribution in [0.1, 0.15) is 10.4 Å². The smallest absolute Gasteiger partial charge is 0.341 e. The Labute approximate surface area is 120 Å². The van der Waals surface area contributed by atoms with Crippen LogP contribution in [0, 0.1) is 0 Å². The third kappa shape index (κ3) is 2.45. The van der Waals surface area contributed by atoms with Gasteiger partial charge in [0.1, 0.15) is 11.2 Å². The Morgan fingerprint density at radius 3 is 2.71 bits per heavy atom. The van der Waals surface area contributed by atoms with Crippen LogP contribution in [0.2, 0.25) is 0 Å². The van der Waals surface area contributed by atoms with Gasteiger partial charge in [0.25, 0.3) is 0 Å². The number of nitrogens with zero attached hydrogens (tertiary/aromatic N) is 4. The van der Waals surface area contributed by atoms with Crippen LogP contribution < -0.4 is 10.3 Å². The Bertz CT molecular complexity index is 749. The number of aromatic amines is 1. The average molecular weight is 289 g/mol. The van der Waals surface area contributed by atoms with E-state index in [1.807, 2.05) is 4.90 Å². The molecule has 3 rings (SSSR count). The van der Waals surface area contributed by atoms with Gasteiger partial charge in [0.05, 0.1) is 5.39 Å². The highest BCUT2D eigenvalue weighted by Crippen LogP contribution is 2.13. The summed E-state index contributed by atoms with van der Waals surface area (Å²) in [7, 11) is 2.06. The number of hydrogen-bond donors (Lipinski definition) is 2. The summed E-state index contributed by atoms with van der Waals surface area (Å²) in [6, 6.07) is 0. The van der Waals surface area contributed by atoms with Crippen molar-refractivity contribution in [1.29, 1.82) is 0 Å². The summed E-state index contributed by atoms with van der Waals surface area (Å²) in [5, 5.41) is 9.12. The monoisotopic (exact) mass is 289 g/mol. The maximum Gasteiger partial charge on any atom is 0.341 e. The number of aromatic nitrogens is 3. The number of piperazine rings is 1. The first kappa shape index (κ1) is 13.5. The number of hydrogen-bond acceptors (Lipinski definition) is 6. The molecule has 0 aliphatic carbocycles. The van der Waals surface area contributed by atoms with Gasteiger partial charge in [0, 0.05) is 38.6 Å². The molecule has 21 heavy (non-hydrogen) atoms. The summed E-state index contributed by atoms with van der Waals surface area (Å²) < 4.78 is 0. The highest BCUT2D eigenvalue weighted by atomic mass is 16.4. The van der Waals surface area contributed by atoms with E-state index < -0.39 is 11.4 Å². The Morgan fingerprint density at radius 1 is 1.33 bits per heavy atom. The van der Waals surface area contributed by atoms with E-state index in [2.05, 4.69) is 26.9 Å². The minimum atomic E-state index is -1.26. The fraction of sp³-hybridized carbons (Fsp3) is 0.385. The van der Waals surface area contributed by atoms with E-state index in [1.165, 1.54) is 12.4 Å². The summed E-state index contributed by atoms with van der Waals surface area (Å²) >= 11 is 0. The van der Waals surface area contributed by atoms with Crippen molar-refractivity contribution in [2.24, 2.45) is 0 Å². The largest absolute Gasteiger partial charge is 0.477 e. The Kier molecular flexibility index (Phi) is 3.30. The van der Waals surface area contributed by atoms with Crippen LogP contribution >= 0.6 is 0 Å². The highest BCUT2D eigenvalue weighted by molar-refractivity contribution is 5.91. The Balaban J connectivity index is 2.00. The highest BCUT2D eigenvalue weighted by Gasteiger charge is 2.18. The molecule has 8 heteroatoms. The molecule has 110 valence electrons. The second-order valence-corrected chi connectivity index (χ2v) is 5.06. The molecule has 1 aliphatic heterocycles. The maximum absolute atomic E-state index is 12.0. The van der Waals surface area contributed by atoms with Gasteiger partial charge in [-0.15, -0.1) is 0 Å². The third-order valence-corrected chi connectivity index (χ3v) is 3.64. The number of rotatable bonds is 2. The molecule has 0 unspecified atom stereocenters. The molecule has 0 bridgehead atoms. The summed E-state index contributed by atoms with van der Waals surface area (Å²) in [4.78, 5) is 38.5. The molecule has 0 radical (unpaired) electrons. The van der Waals surface area contributed by atoms with Crippen molar-refractivity contribution in [1.82, 2.24) is 19.9 Å². The van der Waals surface area contributed by atoms with E-state index in [-0.39, 0.29) is 10.9 Å². The molecule has 8 nitrogen and oxygen atoms in total. The van der Waals surface area contributed by atoms with Crippen molar-refractivity contribution in [3.63, 3.8) is 0 Å². The summed E-state index contributed by atoms with van der Waals surface area (Å²) in [6.07, 6.45) is 2.56. The van der Waals surface area contributed by atoms with Crippen LogP contribution in [0.3, 0.4) is 0 Å². The topological polar surface area (TPSA) is 102 Å². The minimum Gasteiger partial charge on any atom is -0.477 e. The summed E-state index contributed by atoms with van der Waals surface area (Å²) in [5.74, 6) is -0.712. The molecule has 0 amide bonds. The fourth-order valence-electron chi connectivity index (χ4n) is 2.32. The van der Waals surface area contributed by atoms with E-state index in [0.29, 0.717) is 11.6 Å². The molecule has 1 saturated heterocycles. The number of carboxylic acid groups (broad SMARTS) is 1. The predicted molar refractivity (Wildman–Crippen MR) is 76.8 cm³/mol. The number of pyridine rings is 1. The van der Waals surface area contributed by atoms with E-state index >= 15 is 0 Å². The van der Waals surface area contributed by atoms with Crippen LogP contribution in [0.4, 0.5) is 5.95 Å². The molecule has 2 N–H and O–H groups in total. The van der Waals surface area contributed by atoms with Crippen LogP contribution in [-0.2, 0) is 0 Å². The second-order valence-electron chi connectivity index (χ2n) is 5.06.